The number of nitrogens with one attached hydrogen (secondary N) is 1. The molecular formula is C18H18ClF2NO3. The second-order valence-electron chi connectivity index (χ2n) is 5.37. The van der Waals surface area contributed by atoms with Gasteiger partial charge in [0.15, 0.2) is 6.10 Å². The van der Waals surface area contributed by atoms with Crippen LogP contribution in [0.3, 0.4) is 0 Å². The Kier molecular flexibility index (Phi) is 6.58. The van der Waals surface area contributed by atoms with Crippen molar-refractivity contribution in [1.82, 2.24) is 5.32 Å². The summed E-state index contributed by atoms with van der Waals surface area (Å²) in [6, 6.07) is 12.6. The molecule has 0 saturated carbocycles. The lowest BCUT2D eigenvalue weighted by Gasteiger charge is -2.20. The Hall–Kier alpha value is -2.34. The van der Waals surface area contributed by atoms with Crippen LogP contribution >= 0.6 is 11.6 Å². The summed E-state index contributed by atoms with van der Waals surface area (Å²) < 4.78 is 34.5. The van der Waals surface area contributed by atoms with E-state index in [0.29, 0.717) is 16.3 Å². The van der Waals surface area contributed by atoms with Crippen LogP contribution in [0.5, 0.6) is 11.5 Å². The summed E-state index contributed by atoms with van der Waals surface area (Å²) in [5.41, 5.74) is 0.636. The molecule has 25 heavy (non-hydrogen) atoms. The number of alkyl halides is 2. The summed E-state index contributed by atoms with van der Waals surface area (Å²) in [6.45, 7) is 0.438. The molecule has 0 saturated heterocycles. The fraction of sp³-hybridized carbons (Fsp3) is 0.278. The Morgan fingerprint density at radius 1 is 1.08 bits per heavy atom. The van der Waals surface area contributed by atoms with E-state index >= 15 is 0 Å². The minimum absolute atomic E-state index is 0.0361. The molecule has 1 N–H and O–H groups in total. The Morgan fingerprint density at radius 3 is 2.48 bits per heavy atom. The van der Waals surface area contributed by atoms with Crippen LogP contribution < -0.4 is 14.8 Å². The van der Waals surface area contributed by atoms with Crippen molar-refractivity contribution in [3.8, 4) is 11.5 Å². The Balaban J connectivity index is 1.98. The van der Waals surface area contributed by atoms with Gasteiger partial charge >= 0.3 is 6.61 Å². The monoisotopic (exact) mass is 369 g/mol. The first-order valence-electron chi connectivity index (χ1n) is 7.63. The molecular weight excluding hydrogens is 352 g/mol. The summed E-state index contributed by atoms with van der Waals surface area (Å²) in [7, 11) is 0. The number of carbonyl (C=O) groups is 1. The third-order valence-corrected chi connectivity index (χ3v) is 3.76. The zero-order valence-electron chi connectivity index (χ0n) is 13.7. The lowest BCUT2D eigenvalue weighted by atomic mass is 10.1. The first-order chi connectivity index (χ1) is 11.9. The van der Waals surface area contributed by atoms with Crippen molar-refractivity contribution in [3.63, 3.8) is 0 Å². The van der Waals surface area contributed by atoms with Gasteiger partial charge in [0.1, 0.15) is 11.5 Å². The molecule has 0 heterocycles. The maximum absolute atomic E-state index is 12.3. The van der Waals surface area contributed by atoms with Crippen molar-refractivity contribution in [3.05, 3.63) is 59.1 Å². The lowest BCUT2D eigenvalue weighted by molar-refractivity contribution is -0.127. The van der Waals surface area contributed by atoms with Crippen molar-refractivity contribution in [2.24, 2.45) is 0 Å². The highest BCUT2D eigenvalue weighted by Crippen LogP contribution is 2.25. The van der Waals surface area contributed by atoms with Crippen molar-refractivity contribution in [2.45, 2.75) is 32.6 Å². The Bertz CT molecular complexity index is 727. The van der Waals surface area contributed by atoms with Crippen LogP contribution in [-0.2, 0) is 4.79 Å². The van der Waals surface area contributed by atoms with Crippen LogP contribution in [0.1, 0.15) is 25.5 Å². The molecule has 1 amide bonds. The molecule has 0 fully saturated rings. The standard InChI is InChI=1S/C18H18ClF2NO3/c1-11(13-6-5-7-14(10-13)25-18(20)21)22-17(23)12(2)24-16-9-4-3-8-15(16)19/h3-12,18H,1-2H3,(H,22,23). The van der Waals surface area contributed by atoms with Gasteiger partial charge in [-0.15, -0.1) is 0 Å². The van der Waals surface area contributed by atoms with Crippen LogP contribution in [0.15, 0.2) is 48.5 Å². The highest BCUT2D eigenvalue weighted by molar-refractivity contribution is 6.32. The quantitative estimate of drug-likeness (QED) is 0.776. The summed E-state index contributed by atoms with van der Waals surface area (Å²) in [5.74, 6) is 0.0911. The van der Waals surface area contributed by atoms with E-state index in [1.807, 2.05) is 0 Å². The molecule has 0 aliphatic carbocycles. The van der Waals surface area contributed by atoms with Crippen LogP contribution in [0, 0.1) is 0 Å². The van der Waals surface area contributed by atoms with Crippen LogP contribution in [0.4, 0.5) is 8.78 Å². The second kappa shape index (κ2) is 8.67. The van der Waals surface area contributed by atoms with E-state index in [1.54, 1.807) is 50.2 Å². The molecule has 2 aromatic rings. The number of benzene rings is 2. The largest absolute Gasteiger partial charge is 0.479 e. The van der Waals surface area contributed by atoms with Gasteiger partial charge in [-0.1, -0.05) is 35.9 Å². The summed E-state index contributed by atoms with van der Waals surface area (Å²) >= 11 is 6.00. The first-order valence-corrected chi connectivity index (χ1v) is 8.01. The zero-order valence-corrected chi connectivity index (χ0v) is 14.5. The van der Waals surface area contributed by atoms with Crippen molar-refractivity contribution >= 4 is 17.5 Å². The Morgan fingerprint density at radius 2 is 1.80 bits per heavy atom. The molecule has 134 valence electrons. The molecule has 0 aliphatic heterocycles. The van der Waals surface area contributed by atoms with Crippen molar-refractivity contribution in [2.75, 3.05) is 0 Å². The molecule has 0 radical (unpaired) electrons. The minimum Gasteiger partial charge on any atom is -0.479 e. The summed E-state index contributed by atoms with van der Waals surface area (Å²) in [6.07, 6.45) is -0.775. The predicted molar refractivity (Wildman–Crippen MR) is 91.2 cm³/mol. The number of rotatable bonds is 7. The third-order valence-electron chi connectivity index (χ3n) is 3.45. The fourth-order valence-electron chi connectivity index (χ4n) is 2.16. The highest BCUT2D eigenvalue weighted by atomic mass is 35.5. The van der Waals surface area contributed by atoms with Gasteiger partial charge in [-0.2, -0.15) is 8.78 Å². The van der Waals surface area contributed by atoms with Crippen molar-refractivity contribution < 1.29 is 23.0 Å². The molecule has 0 aliphatic rings. The van der Waals surface area contributed by atoms with Gasteiger partial charge < -0.3 is 14.8 Å². The van der Waals surface area contributed by atoms with Gasteiger partial charge in [0.2, 0.25) is 0 Å². The average Bonchev–Trinajstić information content (AvgIpc) is 2.56. The van der Waals surface area contributed by atoms with E-state index in [4.69, 9.17) is 16.3 Å². The smallest absolute Gasteiger partial charge is 0.387 e. The first kappa shape index (κ1) is 19.0. The topological polar surface area (TPSA) is 47.6 Å². The number of ether oxygens (including phenoxy) is 2. The van der Waals surface area contributed by atoms with Gasteiger partial charge in [0.25, 0.3) is 5.91 Å². The Labute approximate surface area is 149 Å². The van der Waals surface area contributed by atoms with Crippen LogP contribution in [0.2, 0.25) is 5.02 Å². The molecule has 2 atom stereocenters. The van der Waals surface area contributed by atoms with Crippen molar-refractivity contribution in [1.29, 1.82) is 0 Å². The molecule has 4 nitrogen and oxygen atoms in total. The zero-order chi connectivity index (χ0) is 18.4. The normalized spacial score (nSPS) is 13.2. The maximum Gasteiger partial charge on any atom is 0.387 e. The average molecular weight is 370 g/mol. The van der Waals surface area contributed by atoms with Gasteiger partial charge in [-0.25, -0.2) is 0 Å². The van der Waals surface area contributed by atoms with E-state index < -0.39 is 18.8 Å². The molecule has 2 unspecified atom stereocenters. The number of hydrogen-bond donors (Lipinski definition) is 1. The van der Waals surface area contributed by atoms with E-state index in [9.17, 15) is 13.6 Å². The number of hydrogen-bond acceptors (Lipinski definition) is 3. The van der Waals surface area contributed by atoms with Gasteiger partial charge in [-0.05, 0) is 43.7 Å². The highest BCUT2D eigenvalue weighted by Gasteiger charge is 2.19. The molecule has 0 bridgehead atoms. The second-order valence-corrected chi connectivity index (χ2v) is 5.78. The summed E-state index contributed by atoms with van der Waals surface area (Å²) in [4.78, 5) is 12.3. The maximum atomic E-state index is 12.3. The molecule has 0 aromatic heterocycles. The molecule has 2 rings (SSSR count). The van der Waals surface area contributed by atoms with Crippen LogP contribution in [0.25, 0.3) is 0 Å². The summed E-state index contributed by atoms with van der Waals surface area (Å²) in [5, 5.41) is 3.18. The molecule has 7 heteroatoms. The van der Waals surface area contributed by atoms with Gasteiger partial charge in [-0.3, -0.25) is 4.79 Å². The van der Waals surface area contributed by atoms with Crippen LogP contribution in [-0.4, -0.2) is 18.6 Å². The number of carbonyl (C=O) groups excluding carboxylic acids is 1. The number of para-hydroxylation sites is 1. The minimum atomic E-state index is -2.90. The van der Waals surface area contributed by atoms with Gasteiger partial charge in [0, 0.05) is 0 Å². The van der Waals surface area contributed by atoms with E-state index in [0.717, 1.165) is 0 Å². The molecule has 2 aromatic carbocycles. The molecule has 0 spiro atoms. The number of halogens is 3. The lowest BCUT2D eigenvalue weighted by Crippen LogP contribution is -2.37. The SMILES string of the molecule is CC(Oc1ccccc1Cl)C(=O)NC(C)c1cccc(OC(F)F)c1. The van der Waals surface area contributed by atoms with E-state index in [-0.39, 0.29) is 11.7 Å². The number of amides is 1. The van der Waals surface area contributed by atoms with E-state index in [2.05, 4.69) is 10.1 Å². The third kappa shape index (κ3) is 5.60. The van der Waals surface area contributed by atoms with Gasteiger partial charge in [0.05, 0.1) is 11.1 Å². The fourth-order valence-corrected chi connectivity index (χ4v) is 2.34. The van der Waals surface area contributed by atoms with E-state index in [1.165, 1.54) is 12.1 Å². The predicted octanol–water partition coefficient (Wildman–Crippen LogP) is 4.59.